The van der Waals surface area contributed by atoms with E-state index in [0.717, 1.165) is 34.5 Å². The lowest BCUT2D eigenvalue weighted by Gasteiger charge is -2.20. The number of aromatic nitrogens is 1. The van der Waals surface area contributed by atoms with Crippen molar-refractivity contribution in [2.45, 2.75) is 38.8 Å². The fourth-order valence-corrected chi connectivity index (χ4v) is 3.12. The summed E-state index contributed by atoms with van der Waals surface area (Å²) < 4.78 is 1.15. The van der Waals surface area contributed by atoms with Gasteiger partial charge >= 0.3 is 0 Å². The zero-order valence-corrected chi connectivity index (χ0v) is 12.8. The van der Waals surface area contributed by atoms with Crippen molar-refractivity contribution in [2.24, 2.45) is 5.73 Å². The Hall–Kier alpha value is -1.46. The van der Waals surface area contributed by atoms with Gasteiger partial charge in [0.15, 0.2) is 0 Å². The molecule has 2 aromatic rings. The van der Waals surface area contributed by atoms with Crippen LogP contribution in [0.25, 0.3) is 10.2 Å². The molecular formula is C15H21N3OS. The number of rotatable bonds is 6. The summed E-state index contributed by atoms with van der Waals surface area (Å²) >= 11 is 1.63. The van der Waals surface area contributed by atoms with Crippen LogP contribution < -0.4 is 5.73 Å². The highest BCUT2D eigenvalue weighted by Crippen LogP contribution is 2.22. The molecule has 0 bridgehead atoms. The minimum atomic E-state index is -0.394. The largest absolute Gasteiger partial charge is 0.338 e. The number of thiazole rings is 1. The van der Waals surface area contributed by atoms with Crippen LogP contribution in [0.4, 0.5) is 0 Å². The number of nitrogens with zero attached hydrogens (tertiary/aromatic N) is 2. The molecule has 0 fully saturated rings. The van der Waals surface area contributed by atoms with Crippen molar-refractivity contribution in [3.05, 3.63) is 29.3 Å². The second-order valence-electron chi connectivity index (χ2n) is 5.02. The maximum atomic E-state index is 12.1. The van der Waals surface area contributed by atoms with Crippen molar-refractivity contribution in [1.82, 2.24) is 9.88 Å². The molecule has 2 N–H and O–H groups in total. The molecule has 1 aromatic heterocycles. The number of hydrogen-bond acceptors (Lipinski definition) is 4. The molecule has 0 radical (unpaired) electrons. The Kier molecular flexibility index (Phi) is 5.09. The molecule has 4 nitrogen and oxygen atoms in total. The second kappa shape index (κ2) is 6.81. The lowest BCUT2D eigenvalue weighted by Crippen LogP contribution is -2.41. The SMILES string of the molecule is CCCC[C@H](N)C(=O)N(C)Cc1nc2ccccc2s1. The van der Waals surface area contributed by atoms with Crippen LogP contribution in [0.3, 0.4) is 0 Å². The second-order valence-corrected chi connectivity index (χ2v) is 6.13. The van der Waals surface area contributed by atoms with Gasteiger partial charge in [0.25, 0.3) is 0 Å². The molecule has 0 aliphatic heterocycles. The number of nitrogens with two attached hydrogens (primary N) is 1. The molecule has 1 heterocycles. The smallest absolute Gasteiger partial charge is 0.239 e. The lowest BCUT2D eigenvalue weighted by molar-refractivity contribution is -0.132. The van der Waals surface area contributed by atoms with Crippen LogP contribution in [-0.4, -0.2) is 28.9 Å². The van der Waals surface area contributed by atoms with Gasteiger partial charge in [-0.3, -0.25) is 4.79 Å². The van der Waals surface area contributed by atoms with Gasteiger partial charge in [0, 0.05) is 7.05 Å². The average Bonchev–Trinajstić information content (AvgIpc) is 2.85. The molecule has 20 heavy (non-hydrogen) atoms. The minimum absolute atomic E-state index is 0.00212. The van der Waals surface area contributed by atoms with Crippen molar-refractivity contribution >= 4 is 27.5 Å². The third-order valence-electron chi connectivity index (χ3n) is 3.27. The maximum Gasteiger partial charge on any atom is 0.239 e. The van der Waals surface area contributed by atoms with Crippen LogP contribution in [0, 0.1) is 0 Å². The summed E-state index contributed by atoms with van der Waals surface area (Å²) in [5.41, 5.74) is 6.91. The summed E-state index contributed by atoms with van der Waals surface area (Å²) in [4.78, 5) is 18.4. The average molecular weight is 291 g/mol. The summed E-state index contributed by atoms with van der Waals surface area (Å²) in [6, 6.07) is 7.62. The molecule has 1 aromatic carbocycles. The topological polar surface area (TPSA) is 59.2 Å². The molecule has 0 saturated heterocycles. The number of para-hydroxylation sites is 1. The molecule has 5 heteroatoms. The molecule has 0 spiro atoms. The first-order valence-electron chi connectivity index (χ1n) is 6.96. The highest BCUT2D eigenvalue weighted by molar-refractivity contribution is 7.18. The number of hydrogen-bond donors (Lipinski definition) is 1. The fraction of sp³-hybridized carbons (Fsp3) is 0.467. The molecule has 1 amide bonds. The van der Waals surface area contributed by atoms with E-state index in [1.165, 1.54) is 0 Å². The predicted octanol–water partition coefficient (Wildman–Crippen LogP) is 2.77. The Morgan fingerprint density at radius 3 is 2.90 bits per heavy atom. The van der Waals surface area contributed by atoms with E-state index in [0.29, 0.717) is 6.54 Å². The first-order chi connectivity index (χ1) is 9.61. The number of fused-ring (bicyclic) bond motifs is 1. The molecule has 0 aliphatic rings. The predicted molar refractivity (Wildman–Crippen MR) is 83.6 cm³/mol. The van der Waals surface area contributed by atoms with E-state index >= 15 is 0 Å². The normalized spacial score (nSPS) is 12.6. The van der Waals surface area contributed by atoms with E-state index in [2.05, 4.69) is 11.9 Å². The zero-order chi connectivity index (χ0) is 14.5. The Labute approximate surface area is 123 Å². The van der Waals surface area contributed by atoms with Gasteiger partial charge in [-0.05, 0) is 18.6 Å². The summed E-state index contributed by atoms with van der Waals surface area (Å²) in [6.07, 6.45) is 2.80. The van der Waals surface area contributed by atoms with Gasteiger partial charge in [-0.25, -0.2) is 4.98 Å². The van der Waals surface area contributed by atoms with E-state index in [1.807, 2.05) is 24.3 Å². The van der Waals surface area contributed by atoms with Crippen LogP contribution in [0.5, 0.6) is 0 Å². The molecule has 0 unspecified atom stereocenters. The Morgan fingerprint density at radius 1 is 1.45 bits per heavy atom. The highest BCUT2D eigenvalue weighted by Gasteiger charge is 2.18. The van der Waals surface area contributed by atoms with Crippen molar-refractivity contribution in [3.63, 3.8) is 0 Å². The van der Waals surface area contributed by atoms with Crippen LogP contribution in [0.2, 0.25) is 0 Å². The Bertz CT molecular complexity index is 548. The van der Waals surface area contributed by atoms with Gasteiger partial charge in [-0.15, -0.1) is 11.3 Å². The van der Waals surface area contributed by atoms with Crippen molar-refractivity contribution in [1.29, 1.82) is 0 Å². The maximum absolute atomic E-state index is 12.1. The molecule has 0 aliphatic carbocycles. The van der Waals surface area contributed by atoms with E-state index in [9.17, 15) is 4.79 Å². The third-order valence-corrected chi connectivity index (χ3v) is 4.29. The van der Waals surface area contributed by atoms with Gasteiger partial charge in [0.1, 0.15) is 5.01 Å². The van der Waals surface area contributed by atoms with Gasteiger partial charge in [0.2, 0.25) is 5.91 Å². The number of carbonyl (C=O) groups excluding carboxylic acids is 1. The number of amides is 1. The quantitative estimate of drug-likeness (QED) is 0.890. The lowest BCUT2D eigenvalue weighted by atomic mass is 10.1. The summed E-state index contributed by atoms with van der Waals surface area (Å²) in [7, 11) is 1.79. The zero-order valence-electron chi connectivity index (χ0n) is 12.0. The molecule has 108 valence electrons. The van der Waals surface area contributed by atoms with Gasteiger partial charge in [0.05, 0.1) is 22.8 Å². The number of unbranched alkanes of at least 4 members (excludes halogenated alkanes) is 1. The number of likely N-dealkylation sites (N-methyl/N-ethyl adjacent to an activating group) is 1. The third kappa shape index (κ3) is 3.55. The monoisotopic (exact) mass is 291 g/mol. The van der Waals surface area contributed by atoms with E-state index in [1.54, 1.807) is 23.3 Å². The highest BCUT2D eigenvalue weighted by atomic mass is 32.1. The number of carbonyl (C=O) groups is 1. The Balaban J connectivity index is 1.99. The Morgan fingerprint density at radius 2 is 2.20 bits per heavy atom. The first kappa shape index (κ1) is 14.9. The summed E-state index contributed by atoms with van der Waals surface area (Å²) in [5.74, 6) is -0.00212. The summed E-state index contributed by atoms with van der Waals surface area (Å²) in [5, 5.41) is 0.949. The van der Waals surface area contributed by atoms with Crippen LogP contribution in [0.1, 0.15) is 31.2 Å². The number of benzene rings is 1. The van der Waals surface area contributed by atoms with E-state index < -0.39 is 6.04 Å². The molecule has 2 rings (SSSR count). The van der Waals surface area contributed by atoms with Crippen LogP contribution in [-0.2, 0) is 11.3 Å². The van der Waals surface area contributed by atoms with E-state index in [4.69, 9.17) is 5.73 Å². The molecular weight excluding hydrogens is 270 g/mol. The van der Waals surface area contributed by atoms with Crippen molar-refractivity contribution < 1.29 is 4.79 Å². The molecule has 1 atom stereocenters. The fourth-order valence-electron chi connectivity index (χ4n) is 2.10. The first-order valence-corrected chi connectivity index (χ1v) is 7.78. The minimum Gasteiger partial charge on any atom is -0.338 e. The van der Waals surface area contributed by atoms with Crippen molar-refractivity contribution in [2.75, 3.05) is 7.05 Å². The molecule has 0 saturated carbocycles. The van der Waals surface area contributed by atoms with E-state index in [-0.39, 0.29) is 5.91 Å². The standard InChI is InChI=1S/C15H21N3OS/c1-3-4-7-11(16)15(19)18(2)10-14-17-12-8-5-6-9-13(12)20-14/h5-6,8-9,11H,3-4,7,10,16H2,1-2H3/t11-/m0/s1. The van der Waals surface area contributed by atoms with Crippen LogP contribution in [0.15, 0.2) is 24.3 Å². The van der Waals surface area contributed by atoms with Gasteiger partial charge in [-0.2, -0.15) is 0 Å². The van der Waals surface area contributed by atoms with Crippen LogP contribution >= 0.6 is 11.3 Å². The summed E-state index contributed by atoms with van der Waals surface area (Å²) in [6.45, 7) is 2.63. The van der Waals surface area contributed by atoms with Crippen molar-refractivity contribution in [3.8, 4) is 0 Å². The van der Waals surface area contributed by atoms with Gasteiger partial charge in [-0.1, -0.05) is 31.9 Å². The van der Waals surface area contributed by atoms with Gasteiger partial charge < -0.3 is 10.6 Å².